The number of halogens is 1. The third kappa shape index (κ3) is 9.39. The Hall–Kier alpha value is -3.39. The largest absolute Gasteiger partial charge is 0.352 e. The Balaban J connectivity index is 1.43. The number of nitrogens with zero attached hydrogens (tertiary/aromatic N) is 4. The van der Waals surface area contributed by atoms with Crippen molar-refractivity contribution in [1.29, 1.82) is 0 Å². The fourth-order valence-electron chi connectivity index (χ4n) is 3.99. The highest BCUT2D eigenvalue weighted by molar-refractivity contribution is 7.98. The van der Waals surface area contributed by atoms with E-state index in [0.29, 0.717) is 28.2 Å². The zero-order valence-corrected chi connectivity index (χ0v) is 24.0. The van der Waals surface area contributed by atoms with E-state index >= 15 is 0 Å². The number of aromatic nitrogens is 2. The smallest absolute Gasteiger partial charge is 0.251 e. The fourth-order valence-corrected chi connectivity index (χ4v) is 5.03. The van der Waals surface area contributed by atoms with Gasteiger partial charge in [0, 0.05) is 43.6 Å². The number of likely N-dealkylation sites (N-methyl/N-ethyl adjacent to an activating group) is 1. The molecule has 0 aliphatic rings. The molecule has 0 atom stereocenters. The predicted molar refractivity (Wildman–Crippen MR) is 162 cm³/mol. The molecule has 1 heterocycles. The van der Waals surface area contributed by atoms with Crippen LogP contribution in [-0.2, 0) is 18.7 Å². The summed E-state index contributed by atoms with van der Waals surface area (Å²) in [7, 11) is 3.97. The summed E-state index contributed by atoms with van der Waals surface area (Å²) in [6.07, 6.45) is 0.896. The van der Waals surface area contributed by atoms with Crippen LogP contribution in [0.25, 0.3) is 0 Å². The molecule has 0 bridgehead atoms. The van der Waals surface area contributed by atoms with Crippen LogP contribution in [0.15, 0.2) is 96.2 Å². The van der Waals surface area contributed by atoms with Gasteiger partial charge in [-0.1, -0.05) is 96.2 Å². The van der Waals surface area contributed by atoms with Crippen molar-refractivity contribution in [3.8, 4) is 0 Å². The van der Waals surface area contributed by atoms with Crippen molar-refractivity contribution in [1.82, 2.24) is 20.2 Å². The molecule has 39 heavy (non-hydrogen) atoms. The minimum absolute atomic E-state index is 0.0621. The number of hydrogen-bond acceptors (Lipinski definition) is 6. The van der Waals surface area contributed by atoms with Gasteiger partial charge in [0.15, 0.2) is 5.16 Å². The Bertz CT molecular complexity index is 1320. The Labute approximate surface area is 240 Å². The molecule has 0 aliphatic heterocycles. The minimum Gasteiger partial charge on any atom is -0.352 e. The Kier molecular flexibility index (Phi) is 10.8. The summed E-state index contributed by atoms with van der Waals surface area (Å²) in [4.78, 5) is 26.0. The Morgan fingerprint density at radius 1 is 0.846 bits per heavy atom. The molecule has 202 valence electrons. The first kappa shape index (κ1) is 28.6. The number of anilines is 1. The number of amides is 1. The van der Waals surface area contributed by atoms with Crippen LogP contribution in [-0.4, -0.2) is 54.5 Å². The first-order chi connectivity index (χ1) is 19.0. The SMILES string of the molecule is CN(C)CCNC(=O)c1ccc(CSc2nc(Cl)cc(N(CCc3ccccc3)Cc3ccccc3)n2)cc1. The lowest BCUT2D eigenvalue weighted by Gasteiger charge is -2.24. The van der Waals surface area contributed by atoms with Crippen LogP contribution in [0.4, 0.5) is 5.82 Å². The lowest BCUT2D eigenvalue weighted by atomic mass is 10.1. The maximum absolute atomic E-state index is 12.4. The number of rotatable bonds is 13. The highest BCUT2D eigenvalue weighted by Gasteiger charge is 2.14. The zero-order valence-electron chi connectivity index (χ0n) is 22.4. The molecule has 1 amide bonds. The maximum Gasteiger partial charge on any atom is 0.251 e. The molecule has 0 saturated heterocycles. The standard InChI is InChI=1S/C31H34ClN5OS/c1-36(2)20-18-33-30(38)27-15-13-26(14-16-27)23-39-31-34-28(32)21-29(35-31)37(22-25-11-7-4-8-12-25)19-17-24-9-5-3-6-10-24/h3-16,21H,17-20,22-23H2,1-2H3,(H,33,38). The number of carbonyl (C=O) groups excluding carboxylic acids is 1. The van der Waals surface area contributed by atoms with Crippen LogP contribution in [0, 0.1) is 0 Å². The minimum atomic E-state index is -0.0621. The molecule has 0 aliphatic carbocycles. The van der Waals surface area contributed by atoms with Crippen molar-refractivity contribution in [2.24, 2.45) is 0 Å². The predicted octanol–water partition coefficient (Wildman–Crippen LogP) is 5.96. The molecule has 6 nitrogen and oxygen atoms in total. The molecule has 3 aromatic carbocycles. The van der Waals surface area contributed by atoms with E-state index in [1.54, 1.807) is 0 Å². The summed E-state index contributed by atoms with van der Waals surface area (Å²) in [5.74, 6) is 1.42. The molecule has 1 aromatic heterocycles. The van der Waals surface area contributed by atoms with Crippen molar-refractivity contribution in [3.63, 3.8) is 0 Å². The second kappa shape index (κ2) is 14.7. The normalized spacial score (nSPS) is 11.0. The highest BCUT2D eigenvalue weighted by Crippen LogP contribution is 2.26. The van der Waals surface area contributed by atoms with Gasteiger partial charge in [0.2, 0.25) is 0 Å². The average molecular weight is 560 g/mol. The van der Waals surface area contributed by atoms with Gasteiger partial charge in [-0.2, -0.15) is 0 Å². The summed E-state index contributed by atoms with van der Waals surface area (Å²) in [6, 6.07) is 30.3. The summed E-state index contributed by atoms with van der Waals surface area (Å²) < 4.78 is 0. The molecular weight excluding hydrogens is 526 g/mol. The van der Waals surface area contributed by atoms with Gasteiger partial charge in [-0.15, -0.1) is 0 Å². The Morgan fingerprint density at radius 2 is 1.51 bits per heavy atom. The van der Waals surface area contributed by atoms with E-state index < -0.39 is 0 Å². The van der Waals surface area contributed by atoms with Crippen LogP contribution in [0.1, 0.15) is 27.0 Å². The third-order valence-corrected chi connectivity index (χ3v) is 7.26. The van der Waals surface area contributed by atoms with E-state index in [0.717, 1.165) is 37.4 Å². The van der Waals surface area contributed by atoms with Gasteiger partial charge in [-0.25, -0.2) is 9.97 Å². The van der Waals surface area contributed by atoms with Crippen LogP contribution in [0.5, 0.6) is 0 Å². The van der Waals surface area contributed by atoms with Crippen molar-refractivity contribution in [2.75, 3.05) is 38.6 Å². The number of hydrogen-bond donors (Lipinski definition) is 1. The summed E-state index contributed by atoms with van der Waals surface area (Å²) in [6.45, 7) is 2.94. The van der Waals surface area contributed by atoms with E-state index in [1.807, 2.05) is 61.5 Å². The molecule has 0 saturated carbocycles. The van der Waals surface area contributed by atoms with Crippen LogP contribution in [0.2, 0.25) is 5.15 Å². The highest BCUT2D eigenvalue weighted by atomic mass is 35.5. The average Bonchev–Trinajstić information content (AvgIpc) is 2.95. The second-order valence-electron chi connectivity index (χ2n) is 9.52. The first-order valence-corrected chi connectivity index (χ1v) is 14.3. The van der Waals surface area contributed by atoms with Gasteiger partial charge in [-0.3, -0.25) is 4.79 Å². The molecule has 4 rings (SSSR count). The summed E-state index contributed by atoms with van der Waals surface area (Å²) in [5.41, 5.74) is 4.22. The zero-order chi connectivity index (χ0) is 27.5. The van der Waals surface area contributed by atoms with E-state index in [1.165, 1.54) is 22.9 Å². The molecular formula is C31H34ClN5OS. The Morgan fingerprint density at radius 3 is 2.18 bits per heavy atom. The lowest BCUT2D eigenvalue weighted by molar-refractivity contribution is 0.0951. The maximum atomic E-state index is 12.4. The third-order valence-electron chi connectivity index (χ3n) is 6.14. The van der Waals surface area contributed by atoms with E-state index in [9.17, 15) is 4.79 Å². The van der Waals surface area contributed by atoms with Gasteiger partial charge in [0.25, 0.3) is 5.91 Å². The quantitative estimate of drug-likeness (QED) is 0.124. The van der Waals surface area contributed by atoms with Crippen molar-refractivity contribution in [2.45, 2.75) is 23.9 Å². The topological polar surface area (TPSA) is 61.4 Å². The van der Waals surface area contributed by atoms with E-state index in [-0.39, 0.29) is 5.91 Å². The van der Waals surface area contributed by atoms with Gasteiger partial charge in [0.1, 0.15) is 11.0 Å². The summed E-state index contributed by atoms with van der Waals surface area (Å²) in [5, 5.41) is 3.99. The van der Waals surface area contributed by atoms with Crippen molar-refractivity contribution < 1.29 is 4.79 Å². The lowest BCUT2D eigenvalue weighted by Crippen LogP contribution is -2.31. The summed E-state index contributed by atoms with van der Waals surface area (Å²) >= 11 is 8.01. The number of carbonyl (C=O) groups is 1. The molecule has 0 spiro atoms. The second-order valence-corrected chi connectivity index (χ2v) is 10.8. The van der Waals surface area contributed by atoms with Gasteiger partial charge in [0.05, 0.1) is 0 Å². The molecule has 1 N–H and O–H groups in total. The number of thioether (sulfide) groups is 1. The molecule has 0 unspecified atom stereocenters. The van der Waals surface area contributed by atoms with Gasteiger partial charge < -0.3 is 15.1 Å². The van der Waals surface area contributed by atoms with Gasteiger partial charge in [-0.05, 0) is 49.3 Å². The molecule has 4 aromatic rings. The van der Waals surface area contributed by atoms with Crippen LogP contribution >= 0.6 is 23.4 Å². The first-order valence-electron chi connectivity index (χ1n) is 13.0. The molecule has 8 heteroatoms. The number of benzene rings is 3. The fraction of sp³-hybridized carbons (Fsp3) is 0.258. The van der Waals surface area contributed by atoms with Crippen LogP contribution < -0.4 is 10.2 Å². The molecule has 0 fully saturated rings. The van der Waals surface area contributed by atoms with Crippen LogP contribution in [0.3, 0.4) is 0 Å². The monoisotopic (exact) mass is 559 g/mol. The molecule has 0 radical (unpaired) electrons. The van der Waals surface area contributed by atoms with Gasteiger partial charge >= 0.3 is 0 Å². The van der Waals surface area contributed by atoms with Crippen molar-refractivity contribution in [3.05, 3.63) is 118 Å². The number of nitrogens with one attached hydrogen (secondary N) is 1. The van der Waals surface area contributed by atoms with E-state index in [4.69, 9.17) is 16.6 Å². The van der Waals surface area contributed by atoms with E-state index in [2.05, 4.69) is 63.7 Å². The van der Waals surface area contributed by atoms with Crippen molar-refractivity contribution >= 4 is 35.1 Å².